The van der Waals surface area contributed by atoms with Gasteiger partial charge in [-0.2, -0.15) is 0 Å². The second-order valence-corrected chi connectivity index (χ2v) is 4.78. The fourth-order valence-corrected chi connectivity index (χ4v) is 2.27. The summed E-state index contributed by atoms with van der Waals surface area (Å²) in [5.41, 5.74) is 5.67. The Morgan fingerprint density at radius 2 is 2.38 bits per heavy atom. The molecular formula is C11H21N3OS. The van der Waals surface area contributed by atoms with Gasteiger partial charge in [0.05, 0.1) is 11.0 Å². The molecule has 1 rings (SSSR count). The number of rotatable bonds is 4. The van der Waals surface area contributed by atoms with Gasteiger partial charge in [-0.1, -0.05) is 12.2 Å². The molecular weight excluding hydrogens is 222 g/mol. The predicted molar refractivity (Wildman–Crippen MR) is 69.2 cm³/mol. The molecule has 0 bridgehead atoms. The van der Waals surface area contributed by atoms with Gasteiger partial charge >= 0.3 is 0 Å². The zero-order valence-electron chi connectivity index (χ0n) is 10.0. The third-order valence-electron chi connectivity index (χ3n) is 3.13. The van der Waals surface area contributed by atoms with E-state index in [1.165, 1.54) is 0 Å². The lowest BCUT2D eigenvalue weighted by atomic mass is 9.97. The summed E-state index contributed by atoms with van der Waals surface area (Å²) in [7, 11) is 0. The molecule has 0 aliphatic carbocycles. The Bertz CT molecular complexity index is 270. The minimum Gasteiger partial charge on any atom is -0.393 e. The molecule has 1 aliphatic heterocycles. The number of hydrogen-bond donors (Lipinski definition) is 2. The molecule has 1 aliphatic rings. The molecule has 0 radical (unpaired) electrons. The maximum atomic E-state index is 11.7. The van der Waals surface area contributed by atoms with Crippen molar-refractivity contribution in [2.24, 2.45) is 11.7 Å². The fraction of sp³-hybridized carbons (Fsp3) is 0.818. The highest BCUT2D eigenvalue weighted by molar-refractivity contribution is 7.80. The second kappa shape index (κ2) is 6.15. The van der Waals surface area contributed by atoms with Crippen LogP contribution in [-0.2, 0) is 4.79 Å². The van der Waals surface area contributed by atoms with Crippen molar-refractivity contribution in [1.82, 2.24) is 10.2 Å². The van der Waals surface area contributed by atoms with Gasteiger partial charge in [0, 0.05) is 19.0 Å². The monoisotopic (exact) mass is 243 g/mol. The van der Waals surface area contributed by atoms with Gasteiger partial charge in [-0.05, 0) is 33.2 Å². The van der Waals surface area contributed by atoms with Crippen molar-refractivity contribution in [3.63, 3.8) is 0 Å². The van der Waals surface area contributed by atoms with Crippen molar-refractivity contribution < 1.29 is 4.79 Å². The van der Waals surface area contributed by atoms with Crippen LogP contribution in [0.15, 0.2) is 0 Å². The zero-order chi connectivity index (χ0) is 12.1. The summed E-state index contributed by atoms with van der Waals surface area (Å²) >= 11 is 5.02. The highest BCUT2D eigenvalue weighted by Crippen LogP contribution is 2.18. The summed E-state index contributed by atoms with van der Waals surface area (Å²) in [4.78, 5) is 14.4. The van der Waals surface area contributed by atoms with E-state index in [9.17, 15) is 4.79 Å². The Morgan fingerprint density at radius 3 is 2.94 bits per heavy atom. The molecule has 92 valence electrons. The molecule has 3 N–H and O–H groups in total. The lowest BCUT2D eigenvalue weighted by Gasteiger charge is -2.35. The average molecular weight is 243 g/mol. The van der Waals surface area contributed by atoms with Gasteiger partial charge in [0.25, 0.3) is 0 Å². The summed E-state index contributed by atoms with van der Waals surface area (Å²) < 4.78 is 0. The van der Waals surface area contributed by atoms with Gasteiger partial charge < -0.3 is 11.1 Å². The molecule has 16 heavy (non-hydrogen) atoms. The van der Waals surface area contributed by atoms with Crippen LogP contribution in [-0.4, -0.2) is 41.5 Å². The summed E-state index contributed by atoms with van der Waals surface area (Å²) in [6.07, 6.45) is 2.11. The highest BCUT2D eigenvalue weighted by atomic mass is 32.1. The van der Waals surface area contributed by atoms with Crippen LogP contribution in [0.4, 0.5) is 0 Å². The summed E-state index contributed by atoms with van der Waals surface area (Å²) in [6, 6.07) is -0.0860. The van der Waals surface area contributed by atoms with Crippen LogP contribution in [0.25, 0.3) is 0 Å². The van der Waals surface area contributed by atoms with Gasteiger partial charge in [-0.3, -0.25) is 9.69 Å². The van der Waals surface area contributed by atoms with E-state index in [0.29, 0.717) is 11.5 Å². The lowest BCUT2D eigenvalue weighted by Crippen LogP contribution is -2.50. The van der Waals surface area contributed by atoms with E-state index in [1.807, 2.05) is 13.8 Å². The van der Waals surface area contributed by atoms with Crippen LogP contribution in [0.1, 0.15) is 26.7 Å². The molecule has 0 aromatic rings. The SMILES string of the molecule is CCNC(=O)C(C)N1CCCC(C(N)=S)C1. The molecule has 2 unspecified atom stereocenters. The van der Waals surface area contributed by atoms with E-state index in [2.05, 4.69) is 10.2 Å². The minimum absolute atomic E-state index is 0.0860. The number of amides is 1. The van der Waals surface area contributed by atoms with Crippen LogP contribution in [0.3, 0.4) is 0 Å². The van der Waals surface area contributed by atoms with E-state index < -0.39 is 0 Å². The number of carbonyl (C=O) groups excluding carboxylic acids is 1. The molecule has 5 heteroatoms. The van der Waals surface area contributed by atoms with Gasteiger partial charge in [0.1, 0.15) is 0 Å². The standard InChI is InChI=1S/C11H21N3OS/c1-3-13-11(15)8(2)14-6-4-5-9(7-14)10(12)16/h8-9H,3-7H2,1-2H3,(H2,12,16)(H,13,15). The smallest absolute Gasteiger partial charge is 0.237 e. The maximum absolute atomic E-state index is 11.7. The molecule has 1 amide bonds. The Balaban J connectivity index is 2.52. The number of nitrogens with one attached hydrogen (secondary N) is 1. The van der Waals surface area contributed by atoms with E-state index >= 15 is 0 Å². The summed E-state index contributed by atoms with van der Waals surface area (Å²) in [6.45, 7) is 6.31. The largest absolute Gasteiger partial charge is 0.393 e. The van der Waals surface area contributed by atoms with Crippen LogP contribution in [0.2, 0.25) is 0 Å². The van der Waals surface area contributed by atoms with E-state index in [0.717, 1.165) is 25.9 Å². The Kier molecular flexibility index (Phi) is 5.15. The third-order valence-corrected chi connectivity index (χ3v) is 3.47. The number of hydrogen-bond acceptors (Lipinski definition) is 3. The number of nitrogens with two attached hydrogens (primary N) is 1. The van der Waals surface area contributed by atoms with Crippen LogP contribution < -0.4 is 11.1 Å². The maximum Gasteiger partial charge on any atom is 0.237 e. The number of piperidine rings is 1. The summed E-state index contributed by atoms with van der Waals surface area (Å²) in [5.74, 6) is 0.353. The normalized spacial score (nSPS) is 23.8. The predicted octanol–water partition coefficient (Wildman–Crippen LogP) is 0.509. The van der Waals surface area contributed by atoms with Gasteiger partial charge in [0.2, 0.25) is 5.91 Å². The molecule has 4 nitrogen and oxygen atoms in total. The van der Waals surface area contributed by atoms with Crippen molar-refractivity contribution in [1.29, 1.82) is 0 Å². The van der Waals surface area contributed by atoms with Gasteiger partial charge in [0.15, 0.2) is 0 Å². The molecule has 0 spiro atoms. The number of carbonyl (C=O) groups is 1. The quantitative estimate of drug-likeness (QED) is 0.706. The first-order valence-electron chi connectivity index (χ1n) is 5.87. The van der Waals surface area contributed by atoms with Crippen LogP contribution in [0, 0.1) is 5.92 Å². The zero-order valence-corrected chi connectivity index (χ0v) is 10.8. The number of likely N-dealkylation sites (N-methyl/N-ethyl adjacent to an activating group) is 1. The molecule has 2 atom stereocenters. The number of thiocarbonyl (C=S) groups is 1. The Hall–Kier alpha value is -0.680. The van der Waals surface area contributed by atoms with Crippen molar-refractivity contribution >= 4 is 23.1 Å². The molecule has 1 saturated heterocycles. The minimum atomic E-state index is -0.0860. The molecule has 0 aromatic heterocycles. The molecule has 1 heterocycles. The molecule has 1 fully saturated rings. The number of likely N-dealkylation sites (tertiary alicyclic amines) is 1. The first-order chi connectivity index (χ1) is 7.56. The fourth-order valence-electron chi connectivity index (χ4n) is 2.08. The van der Waals surface area contributed by atoms with E-state index in [-0.39, 0.29) is 17.9 Å². The lowest BCUT2D eigenvalue weighted by molar-refractivity contribution is -0.126. The average Bonchev–Trinajstić information content (AvgIpc) is 2.28. The second-order valence-electron chi connectivity index (χ2n) is 4.31. The first-order valence-corrected chi connectivity index (χ1v) is 6.28. The van der Waals surface area contributed by atoms with Crippen molar-refractivity contribution in [3.05, 3.63) is 0 Å². The Morgan fingerprint density at radius 1 is 1.69 bits per heavy atom. The van der Waals surface area contributed by atoms with Crippen molar-refractivity contribution in [3.8, 4) is 0 Å². The number of nitrogens with zero attached hydrogens (tertiary/aromatic N) is 1. The third kappa shape index (κ3) is 3.42. The van der Waals surface area contributed by atoms with Crippen LogP contribution >= 0.6 is 12.2 Å². The van der Waals surface area contributed by atoms with Crippen molar-refractivity contribution in [2.75, 3.05) is 19.6 Å². The van der Waals surface area contributed by atoms with Gasteiger partial charge in [-0.15, -0.1) is 0 Å². The van der Waals surface area contributed by atoms with Crippen molar-refractivity contribution in [2.45, 2.75) is 32.7 Å². The van der Waals surface area contributed by atoms with Gasteiger partial charge in [-0.25, -0.2) is 0 Å². The van der Waals surface area contributed by atoms with E-state index in [1.54, 1.807) is 0 Å². The van der Waals surface area contributed by atoms with Crippen LogP contribution in [0.5, 0.6) is 0 Å². The molecule has 0 aromatic carbocycles. The Labute approximate surface area is 103 Å². The highest BCUT2D eigenvalue weighted by Gasteiger charge is 2.28. The topological polar surface area (TPSA) is 58.4 Å². The first kappa shape index (κ1) is 13.4. The van der Waals surface area contributed by atoms with E-state index in [4.69, 9.17) is 18.0 Å². The summed E-state index contributed by atoms with van der Waals surface area (Å²) in [5, 5.41) is 2.84. The molecule has 0 saturated carbocycles.